The summed E-state index contributed by atoms with van der Waals surface area (Å²) in [5.74, 6) is -0.994. The highest BCUT2D eigenvalue weighted by atomic mass is 16.4. The molecule has 0 aliphatic heterocycles. The molecule has 2 aromatic rings. The highest BCUT2D eigenvalue weighted by Gasteiger charge is 2.18. The Kier molecular flexibility index (Phi) is 6.13. The van der Waals surface area contributed by atoms with Gasteiger partial charge < -0.3 is 10.4 Å². The van der Waals surface area contributed by atoms with Crippen molar-refractivity contribution in [2.24, 2.45) is 0 Å². The average molecular weight is 325 g/mol. The van der Waals surface area contributed by atoms with Gasteiger partial charge in [0.1, 0.15) is 0 Å². The molecule has 0 fully saturated rings. The lowest BCUT2D eigenvalue weighted by Crippen LogP contribution is -2.37. The van der Waals surface area contributed by atoms with Crippen molar-refractivity contribution in [3.8, 4) is 0 Å². The topological polar surface area (TPSA) is 66.4 Å². The number of nitrogens with one attached hydrogen (secondary N) is 1. The van der Waals surface area contributed by atoms with Crippen molar-refractivity contribution in [1.82, 2.24) is 5.32 Å². The fourth-order valence-corrected chi connectivity index (χ4v) is 2.85. The summed E-state index contributed by atoms with van der Waals surface area (Å²) < 4.78 is 0. The lowest BCUT2D eigenvalue weighted by molar-refractivity contribution is -0.137. The van der Waals surface area contributed by atoms with Crippen molar-refractivity contribution in [3.05, 3.63) is 70.8 Å². The summed E-state index contributed by atoms with van der Waals surface area (Å²) in [4.78, 5) is 23.6. The standard InChI is InChI=1S/C20H23NO3/c1-14-7-6-8-15(2)19(14)20(24)21-17(11-12-18(22)23)13-16-9-4-3-5-10-16/h3-10,17H,11-13H2,1-2H3,(H,21,24)(H,22,23). The van der Waals surface area contributed by atoms with E-state index in [2.05, 4.69) is 5.32 Å². The first-order valence-electron chi connectivity index (χ1n) is 8.10. The minimum absolute atomic E-state index is 0.0323. The van der Waals surface area contributed by atoms with Gasteiger partial charge in [0.25, 0.3) is 5.91 Å². The number of hydrogen-bond acceptors (Lipinski definition) is 2. The van der Waals surface area contributed by atoms with Gasteiger partial charge in [0, 0.05) is 18.0 Å². The summed E-state index contributed by atoms with van der Waals surface area (Å²) in [6.45, 7) is 3.82. The molecule has 0 aromatic heterocycles. The van der Waals surface area contributed by atoms with E-state index in [9.17, 15) is 9.59 Å². The third-order valence-corrected chi connectivity index (χ3v) is 4.07. The van der Waals surface area contributed by atoms with E-state index in [0.717, 1.165) is 16.7 Å². The van der Waals surface area contributed by atoms with Gasteiger partial charge in [0.05, 0.1) is 0 Å². The molecule has 2 N–H and O–H groups in total. The van der Waals surface area contributed by atoms with Crippen LogP contribution in [0, 0.1) is 13.8 Å². The molecule has 1 atom stereocenters. The van der Waals surface area contributed by atoms with Crippen molar-refractivity contribution in [2.45, 2.75) is 39.2 Å². The Hall–Kier alpha value is -2.62. The first-order valence-corrected chi connectivity index (χ1v) is 8.10. The zero-order valence-electron chi connectivity index (χ0n) is 14.1. The van der Waals surface area contributed by atoms with Gasteiger partial charge in [-0.1, -0.05) is 48.5 Å². The van der Waals surface area contributed by atoms with Crippen LogP contribution in [0.4, 0.5) is 0 Å². The molecular formula is C20H23NO3. The highest BCUT2D eigenvalue weighted by molar-refractivity contribution is 5.97. The Balaban J connectivity index is 2.14. The number of aliphatic carboxylic acids is 1. The molecule has 2 aromatic carbocycles. The van der Waals surface area contributed by atoms with Crippen LogP contribution < -0.4 is 5.32 Å². The van der Waals surface area contributed by atoms with E-state index in [1.54, 1.807) is 0 Å². The van der Waals surface area contributed by atoms with E-state index in [1.165, 1.54) is 0 Å². The summed E-state index contributed by atoms with van der Waals surface area (Å²) in [6, 6.07) is 15.3. The number of benzene rings is 2. The Morgan fingerprint density at radius 1 is 1.00 bits per heavy atom. The number of hydrogen-bond donors (Lipinski definition) is 2. The van der Waals surface area contributed by atoms with E-state index in [4.69, 9.17) is 5.11 Å². The number of amides is 1. The lowest BCUT2D eigenvalue weighted by Gasteiger charge is -2.20. The second-order valence-electron chi connectivity index (χ2n) is 6.06. The zero-order chi connectivity index (χ0) is 17.5. The number of carboxylic acid groups (broad SMARTS) is 1. The molecule has 0 heterocycles. The Morgan fingerprint density at radius 2 is 1.62 bits per heavy atom. The van der Waals surface area contributed by atoms with Crippen LogP contribution in [0.1, 0.15) is 39.9 Å². The fraction of sp³-hybridized carbons (Fsp3) is 0.300. The van der Waals surface area contributed by atoms with Gasteiger partial charge in [-0.25, -0.2) is 0 Å². The van der Waals surface area contributed by atoms with Crippen molar-refractivity contribution >= 4 is 11.9 Å². The van der Waals surface area contributed by atoms with Crippen molar-refractivity contribution in [1.29, 1.82) is 0 Å². The maximum atomic E-state index is 12.7. The number of carbonyl (C=O) groups is 2. The molecule has 24 heavy (non-hydrogen) atoms. The van der Waals surface area contributed by atoms with Gasteiger partial charge in [-0.05, 0) is 43.4 Å². The summed E-state index contributed by atoms with van der Waals surface area (Å²) in [6.07, 6.45) is 1.05. The molecule has 0 radical (unpaired) electrons. The van der Waals surface area contributed by atoms with E-state index >= 15 is 0 Å². The first kappa shape index (κ1) is 17.7. The molecule has 1 amide bonds. The smallest absolute Gasteiger partial charge is 0.303 e. The molecule has 0 aliphatic rings. The van der Waals surface area contributed by atoms with Gasteiger partial charge in [0.2, 0.25) is 0 Å². The van der Waals surface area contributed by atoms with Gasteiger partial charge in [0.15, 0.2) is 0 Å². The van der Waals surface area contributed by atoms with Crippen LogP contribution in [-0.4, -0.2) is 23.0 Å². The Bertz CT molecular complexity index is 690. The van der Waals surface area contributed by atoms with Crippen molar-refractivity contribution < 1.29 is 14.7 Å². The number of aryl methyl sites for hydroxylation is 2. The SMILES string of the molecule is Cc1cccc(C)c1C(=O)NC(CCC(=O)O)Cc1ccccc1. The second-order valence-corrected chi connectivity index (χ2v) is 6.06. The van der Waals surface area contributed by atoms with Crippen LogP contribution in [0.25, 0.3) is 0 Å². The van der Waals surface area contributed by atoms with Crippen LogP contribution in [0.5, 0.6) is 0 Å². The number of carboxylic acids is 1. The van der Waals surface area contributed by atoms with Crippen molar-refractivity contribution in [3.63, 3.8) is 0 Å². The predicted molar refractivity (Wildman–Crippen MR) is 94.2 cm³/mol. The molecule has 4 heteroatoms. The monoisotopic (exact) mass is 325 g/mol. The summed E-state index contributed by atoms with van der Waals surface area (Å²) in [7, 11) is 0. The number of rotatable bonds is 7. The largest absolute Gasteiger partial charge is 0.481 e. The van der Waals surface area contributed by atoms with Crippen LogP contribution >= 0.6 is 0 Å². The minimum Gasteiger partial charge on any atom is -0.481 e. The van der Waals surface area contributed by atoms with Gasteiger partial charge in [-0.2, -0.15) is 0 Å². The molecule has 0 aliphatic carbocycles. The average Bonchev–Trinajstić information content (AvgIpc) is 2.53. The Morgan fingerprint density at radius 3 is 2.21 bits per heavy atom. The zero-order valence-corrected chi connectivity index (χ0v) is 14.1. The highest BCUT2D eigenvalue weighted by Crippen LogP contribution is 2.15. The second kappa shape index (κ2) is 8.29. The van der Waals surface area contributed by atoms with Crippen LogP contribution in [0.3, 0.4) is 0 Å². The van der Waals surface area contributed by atoms with E-state index < -0.39 is 5.97 Å². The molecule has 1 unspecified atom stereocenters. The van der Waals surface area contributed by atoms with Gasteiger partial charge >= 0.3 is 5.97 Å². The molecule has 0 saturated heterocycles. The molecule has 0 saturated carbocycles. The molecular weight excluding hydrogens is 302 g/mol. The third kappa shape index (κ3) is 4.95. The fourth-order valence-electron chi connectivity index (χ4n) is 2.85. The van der Waals surface area contributed by atoms with Crippen LogP contribution in [-0.2, 0) is 11.2 Å². The summed E-state index contributed by atoms with van der Waals surface area (Å²) in [5.41, 5.74) is 3.59. The molecule has 2 rings (SSSR count). The maximum Gasteiger partial charge on any atom is 0.303 e. The molecule has 126 valence electrons. The van der Waals surface area contributed by atoms with E-state index in [1.807, 2.05) is 62.4 Å². The first-order chi connectivity index (χ1) is 11.5. The van der Waals surface area contributed by atoms with E-state index in [-0.39, 0.29) is 18.4 Å². The molecule has 4 nitrogen and oxygen atoms in total. The molecule has 0 bridgehead atoms. The predicted octanol–water partition coefficient (Wildman–Crippen LogP) is 3.51. The normalized spacial score (nSPS) is 11.8. The molecule has 0 spiro atoms. The lowest BCUT2D eigenvalue weighted by atomic mass is 9.99. The van der Waals surface area contributed by atoms with Gasteiger partial charge in [-0.3, -0.25) is 9.59 Å². The van der Waals surface area contributed by atoms with Gasteiger partial charge in [-0.15, -0.1) is 0 Å². The number of carbonyl (C=O) groups excluding carboxylic acids is 1. The quantitative estimate of drug-likeness (QED) is 0.818. The van der Waals surface area contributed by atoms with Crippen LogP contribution in [0.15, 0.2) is 48.5 Å². The Labute approximate surface area is 142 Å². The van der Waals surface area contributed by atoms with Crippen LogP contribution in [0.2, 0.25) is 0 Å². The third-order valence-electron chi connectivity index (χ3n) is 4.07. The summed E-state index contributed by atoms with van der Waals surface area (Å²) >= 11 is 0. The summed E-state index contributed by atoms with van der Waals surface area (Å²) in [5, 5.41) is 12.0. The maximum absolute atomic E-state index is 12.7. The van der Waals surface area contributed by atoms with E-state index in [0.29, 0.717) is 18.4 Å². The minimum atomic E-state index is -0.852. The van der Waals surface area contributed by atoms with Crippen molar-refractivity contribution in [2.75, 3.05) is 0 Å².